The molecule has 26 heavy (non-hydrogen) atoms. The number of nitrogens with zero attached hydrogens (tertiary/aromatic N) is 1. The number of nitrogens with one attached hydrogen (secondary N) is 1. The average molecular weight is 420 g/mol. The Kier molecular flexibility index (Phi) is 4.84. The van der Waals surface area contributed by atoms with E-state index in [1.807, 2.05) is 6.07 Å². The van der Waals surface area contributed by atoms with Gasteiger partial charge in [-0.1, -0.05) is 40.9 Å². The number of alkyl halides is 3. The zero-order valence-electron chi connectivity index (χ0n) is 12.7. The molecule has 0 aliphatic carbocycles. The van der Waals surface area contributed by atoms with Gasteiger partial charge < -0.3 is 0 Å². The second-order valence-corrected chi connectivity index (χ2v) is 6.74. The summed E-state index contributed by atoms with van der Waals surface area (Å²) in [5.41, 5.74) is -0.188. The van der Waals surface area contributed by atoms with Crippen molar-refractivity contribution >= 4 is 40.5 Å². The lowest BCUT2D eigenvalue weighted by molar-refractivity contribution is -0.269. The van der Waals surface area contributed by atoms with Gasteiger partial charge in [0.1, 0.15) is 6.07 Å². The molecule has 0 aromatic heterocycles. The highest BCUT2D eigenvalue weighted by Gasteiger charge is 2.59. The molecule has 0 spiro atoms. The number of nitriles is 1. The fraction of sp³-hybridized carbons (Fsp3) is 0.118. The summed E-state index contributed by atoms with van der Waals surface area (Å²) in [6.07, 6.45) is -3.92. The summed E-state index contributed by atoms with van der Waals surface area (Å²) < 4.78 is 41.7. The van der Waals surface area contributed by atoms with Crippen LogP contribution in [0.25, 0.3) is 5.70 Å². The molecule has 2 aromatic carbocycles. The van der Waals surface area contributed by atoms with Crippen LogP contribution in [0.1, 0.15) is 16.7 Å². The molecular weight excluding hydrogens is 412 g/mol. The minimum absolute atomic E-state index is 0.0444. The first-order chi connectivity index (χ1) is 12.2. The number of hydrogen-bond donors (Lipinski definition) is 1. The van der Waals surface area contributed by atoms with Crippen LogP contribution in [-0.4, -0.2) is 6.18 Å². The molecule has 2 aromatic rings. The molecule has 0 saturated carbocycles. The molecule has 0 radical (unpaired) electrons. The zero-order valence-corrected chi connectivity index (χ0v) is 14.9. The van der Waals surface area contributed by atoms with Crippen LogP contribution in [0.3, 0.4) is 0 Å². The van der Waals surface area contributed by atoms with Crippen LogP contribution < -0.4 is 5.48 Å². The summed E-state index contributed by atoms with van der Waals surface area (Å²) in [4.78, 5) is 4.97. The topological polar surface area (TPSA) is 45.0 Å². The molecule has 0 bridgehead atoms. The van der Waals surface area contributed by atoms with E-state index in [1.165, 1.54) is 24.3 Å². The molecule has 3 nitrogen and oxygen atoms in total. The van der Waals surface area contributed by atoms with E-state index in [1.54, 1.807) is 0 Å². The third kappa shape index (κ3) is 3.24. The number of rotatable bonds is 2. The third-order valence-electron chi connectivity index (χ3n) is 3.78. The van der Waals surface area contributed by atoms with Gasteiger partial charge in [-0.2, -0.15) is 18.4 Å². The Balaban J connectivity index is 2.14. The molecule has 1 aliphatic heterocycles. The van der Waals surface area contributed by atoms with Crippen molar-refractivity contribution in [3.63, 3.8) is 0 Å². The zero-order chi connectivity index (χ0) is 19.1. The summed E-state index contributed by atoms with van der Waals surface area (Å²) in [6, 6.07) is 9.71. The molecule has 0 amide bonds. The molecule has 0 saturated heterocycles. The second-order valence-electron chi connectivity index (χ2n) is 5.46. The Morgan fingerprint density at radius 2 is 1.69 bits per heavy atom. The third-order valence-corrected chi connectivity index (χ3v) is 4.53. The summed E-state index contributed by atoms with van der Waals surface area (Å²) in [6.45, 7) is 0. The van der Waals surface area contributed by atoms with E-state index in [0.29, 0.717) is 5.56 Å². The Morgan fingerprint density at radius 3 is 2.23 bits per heavy atom. The van der Waals surface area contributed by atoms with Crippen LogP contribution in [0.15, 0.2) is 42.5 Å². The van der Waals surface area contributed by atoms with Gasteiger partial charge in [-0.25, -0.2) is 0 Å². The fourth-order valence-electron chi connectivity index (χ4n) is 2.53. The molecule has 1 aliphatic rings. The molecule has 9 heteroatoms. The van der Waals surface area contributed by atoms with E-state index in [4.69, 9.17) is 44.9 Å². The minimum atomic E-state index is -4.80. The molecule has 1 atom stereocenters. The Labute approximate surface area is 161 Å². The molecular formula is C17H8Cl3F3N2O. The van der Waals surface area contributed by atoms with Gasteiger partial charge in [0.15, 0.2) is 0 Å². The molecule has 1 heterocycles. The predicted molar refractivity (Wildman–Crippen MR) is 92.6 cm³/mol. The summed E-state index contributed by atoms with van der Waals surface area (Å²) >= 11 is 17.7. The second kappa shape index (κ2) is 6.67. The molecule has 134 valence electrons. The first kappa shape index (κ1) is 18.9. The van der Waals surface area contributed by atoms with Crippen molar-refractivity contribution in [2.75, 3.05) is 0 Å². The maximum atomic E-state index is 13.9. The largest absolute Gasteiger partial charge is 0.428 e. The van der Waals surface area contributed by atoms with Crippen molar-refractivity contribution in [1.29, 1.82) is 5.26 Å². The molecule has 1 N–H and O–H groups in total. The van der Waals surface area contributed by atoms with Gasteiger partial charge in [0.05, 0.1) is 16.3 Å². The van der Waals surface area contributed by atoms with Gasteiger partial charge in [0, 0.05) is 21.2 Å². The summed E-state index contributed by atoms with van der Waals surface area (Å²) in [5.74, 6) is 0. The molecule has 3 rings (SSSR count). The highest BCUT2D eigenvalue weighted by molar-refractivity contribution is 6.34. The van der Waals surface area contributed by atoms with Crippen molar-refractivity contribution in [1.82, 2.24) is 5.48 Å². The van der Waals surface area contributed by atoms with Gasteiger partial charge in [0.25, 0.3) is 0 Å². The fourth-order valence-corrected chi connectivity index (χ4v) is 3.28. The predicted octanol–water partition coefficient (Wildman–Crippen LogP) is 5.85. The molecule has 1 unspecified atom stereocenters. The first-order valence-electron chi connectivity index (χ1n) is 7.06. The SMILES string of the molecule is N#Cc1ccc(C2=CC(c3cc(Cl)cc(Cl)c3)(C(F)(F)F)ON2)cc1Cl. The van der Waals surface area contributed by atoms with Crippen LogP contribution >= 0.6 is 34.8 Å². The quantitative estimate of drug-likeness (QED) is 0.664. The first-order valence-corrected chi connectivity index (χ1v) is 8.20. The number of hydroxylamine groups is 1. The van der Waals surface area contributed by atoms with Crippen molar-refractivity contribution in [3.8, 4) is 6.07 Å². The van der Waals surface area contributed by atoms with Crippen LogP contribution in [-0.2, 0) is 10.4 Å². The van der Waals surface area contributed by atoms with E-state index in [9.17, 15) is 13.2 Å². The minimum Gasteiger partial charge on any atom is -0.265 e. The highest BCUT2D eigenvalue weighted by atomic mass is 35.5. The lowest BCUT2D eigenvalue weighted by Crippen LogP contribution is -2.42. The summed E-state index contributed by atoms with van der Waals surface area (Å²) in [7, 11) is 0. The van der Waals surface area contributed by atoms with Crippen LogP contribution in [0.5, 0.6) is 0 Å². The van der Waals surface area contributed by atoms with Crippen molar-refractivity contribution in [2.24, 2.45) is 0 Å². The standard InChI is InChI=1S/C17H8Cl3F3N2O/c18-12-4-11(5-13(19)6-12)16(17(21,22)23)7-15(25-26-16)9-1-2-10(8-24)14(20)3-9/h1-7,25H. The smallest absolute Gasteiger partial charge is 0.265 e. The Hall–Kier alpha value is -1.91. The van der Waals surface area contributed by atoms with Gasteiger partial charge in [0.2, 0.25) is 5.60 Å². The highest BCUT2D eigenvalue weighted by Crippen LogP contribution is 2.48. The van der Waals surface area contributed by atoms with Crippen LogP contribution in [0, 0.1) is 11.3 Å². The van der Waals surface area contributed by atoms with E-state index >= 15 is 0 Å². The monoisotopic (exact) mass is 418 g/mol. The van der Waals surface area contributed by atoms with E-state index in [-0.39, 0.29) is 31.9 Å². The van der Waals surface area contributed by atoms with Crippen LogP contribution in [0.4, 0.5) is 13.2 Å². The molecule has 0 fully saturated rings. The number of benzene rings is 2. The lowest BCUT2D eigenvalue weighted by Gasteiger charge is -2.28. The van der Waals surface area contributed by atoms with E-state index in [0.717, 1.165) is 18.2 Å². The van der Waals surface area contributed by atoms with Gasteiger partial charge >= 0.3 is 6.18 Å². The van der Waals surface area contributed by atoms with Crippen LogP contribution in [0.2, 0.25) is 15.1 Å². The van der Waals surface area contributed by atoms with E-state index in [2.05, 4.69) is 5.48 Å². The number of halogens is 6. The average Bonchev–Trinajstić information content (AvgIpc) is 3.00. The normalized spacial score (nSPS) is 19.7. The summed E-state index contributed by atoms with van der Waals surface area (Å²) in [5, 5.41) is 9.10. The Bertz CT molecular complexity index is 933. The lowest BCUT2D eigenvalue weighted by atomic mass is 9.91. The number of hydrogen-bond acceptors (Lipinski definition) is 3. The Morgan fingerprint density at radius 1 is 1.04 bits per heavy atom. The maximum absolute atomic E-state index is 13.9. The van der Waals surface area contributed by atoms with Crippen molar-refractivity contribution in [2.45, 2.75) is 11.8 Å². The maximum Gasteiger partial charge on any atom is 0.428 e. The van der Waals surface area contributed by atoms with Crippen molar-refractivity contribution < 1.29 is 18.0 Å². The van der Waals surface area contributed by atoms with Gasteiger partial charge in [-0.3, -0.25) is 10.3 Å². The van der Waals surface area contributed by atoms with E-state index < -0.39 is 11.8 Å². The van der Waals surface area contributed by atoms with Gasteiger partial charge in [-0.05, 0) is 36.4 Å². The van der Waals surface area contributed by atoms with Gasteiger partial charge in [-0.15, -0.1) is 0 Å². The van der Waals surface area contributed by atoms with Crippen molar-refractivity contribution in [3.05, 3.63) is 74.2 Å².